The Kier molecular flexibility index (Phi) is 2.57. The molecule has 2 N–H and O–H groups in total. The van der Waals surface area contributed by atoms with Gasteiger partial charge in [-0.3, -0.25) is 0 Å². The molecule has 0 heterocycles. The average molecular weight is 191 g/mol. The summed E-state index contributed by atoms with van der Waals surface area (Å²) in [5.41, 5.74) is 8.04. The highest BCUT2D eigenvalue weighted by Crippen LogP contribution is 2.44. The Morgan fingerprint density at radius 3 is 2.29 bits per heavy atom. The van der Waals surface area contributed by atoms with Gasteiger partial charge in [-0.05, 0) is 30.4 Å². The molecule has 1 fully saturated rings. The highest BCUT2D eigenvalue weighted by Gasteiger charge is 2.38. The molecule has 1 saturated carbocycles. The van der Waals surface area contributed by atoms with Crippen LogP contribution in [0.25, 0.3) is 0 Å². The Morgan fingerprint density at radius 2 is 1.93 bits per heavy atom. The lowest BCUT2D eigenvalue weighted by molar-refractivity contribution is -0.0778. The van der Waals surface area contributed by atoms with Crippen molar-refractivity contribution in [1.29, 1.82) is 0 Å². The monoisotopic (exact) mass is 191 g/mol. The summed E-state index contributed by atoms with van der Waals surface area (Å²) in [5.74, 6) is 0. The van der Waals surface area contributed by atoms with Crippen LogP contribution >= 0.6 is 0 Å². The van der Waals surface area contributed by atoms with Crippen molar-refractivity contribution >= 4 is 0 Å². The van der Waals surface area contributed by atoms with Gasteiger partial charge < -0.3 is 10.5 Å². The molecule has 14 heavy (non-hydrogen) atoms. The van der Waals surface area contributed by atoms with E-state index in [1.165, 1.54) is 17.5 Å². The molecule has 0 unspecified atom stereocenters. The molecule has 0 aromatic heterocycles. The molecule has 0 bridgehead atoms. The molecule has 2 rings (SSSR count). The fourth-order valence-electron chi connectivity index (χ4n) is 2.05. The third-order valence-corrected chi connectivity index (χ3v) is 3.27. The summed E-state index contributed by atoms with van der Waals surface area (Å²) < 4.78 is 5.60. The first-order chi connectivity index (χ1) is 6.80. The van der Waals surface area contributed by atoms with Gasteiger partial charge in [0.2, 0.25) is 0 Å². The van der Waals surface area contributed by atoms with Gasteiger partial charge in [0.15, 0.2) is 0 Å². The van der Waals surface area contributed by atoms with E-state index in [9.17, 15) is 0 Å². The zero-order chi connectivity index (χ0) is 10.0. The Hall–Kier alpha value is -0.860. The third-order valence-electron chi connectivity index (χ3n) is 3.27. The Balaban J connectivity index is 2.23. The van der Waals surface area contributed by atoms with Crippen molar-refractivity contribution in [2.24, 2.45) is 5.73 Å². The molecule has 76 valence electrons. The van der Waals surface area contributed by atoms with Crippen molar-refractivity contribution in [3.8, 4) is 0 Å². The summed E-state index contributed by atoms with van der Waals surface area (Å²) in [7, 11) is 1.80. The average Bonchev–Trinajstić information content (AvgIpc) is 2.18. The molecule has 1 aromatic rings. The second-order valence-electron chi connectivity index (χ2n) is 3.95. The lowest BCUT2D eigenvalue weighted by Gasteiger charge is -2.41. The van der Waals surface area contributed by atoms with Gasteiger partial charge in [-0.2, -0.15) is 0 Å². The normalized spacial score (nSPS) is 19.0. The van der Waals surface area contributed by atoms with E-state index >= 15 is 0 Å². The maximum absolute atomic E-state index is 5.60. The standard InChI is InChI=1S/C12H17NO/c1-14-12(7-2-8-12)11-5-3-10(9-13)4-6-11/h3-6H,2,7-9,13H2,1H3. The molecule has 0 aliphatic heterocycles. The minimum Gasteiger partial charge on any atom is -0.374 e. The lowest BCUT2D eigenvalue weighted by Crippen LogP contribution is -2.35. The smallest absolute Gasteiger partial charge is 0.0927 e. The van der Waals surface area contributed by atoms with E-state index in [0.29, 0.717) is 6.54 Å². The first kappa shape index (κ1) is 9.69. The summed E-state index contributed by atoms with van der Waals surface area (Å²) in [4.78, 5) is 0. The predicted molar refractivity (Wildman–Crippen MR) is 56.9 cm³/mol. The predicted octanol–water partition coefficient (Wildman–Crippen LogP) is 2.17. The van der Waals surface area contributed by atoms with Crippen LogP contribution in [0.4, 0.5) is 0 Å². The third kappa shape index (κ3) is 1.45. The van der Waals surface area contributed by atoms with Gasteiger partial charge in [-0.1, -0.05) is 24.3 Å². The molecule has 0 atom stereocenters. The van der Waals surface area contributed by atoms with Crippen LogP contribution in [0.1, 0.15) is 30.4 Å². The van der Waals surface area contributed by atoms with Crippen molar-refractivity contribution < 1.29 is 4.74 Å². The molecule has 1 aliphatic rings. The molecule has 1 aromatic carbocycles. The van der Waals surface area contributed by atoms with Crippen LogP contribution in [0.3, 0.4) is 0 Å². The zero-order valence-corrected chi connectivity index (χ0v) is 8.62. The number of hydrogen-bond acceptors (Lipinski definition) is 2. The maximum atomic E-state index is 5.60. The second kappa shape index (κ2) is 3.71. The second-order valence-corrected chi connectivity index (χ2v) is 3.95. The topological polar surface area (TPSA) is 35.2 Å². The molecule has 0 radical (unpaired) electrons. The molecule has 2 heteroatoms. The van der Waals surface area contributed by atoms with Gasteiger partial charge in [0, 0.05) is 13.7 Å². The summed E-state index contributed by atoms with van der Waals surface area (Å²) in [6, 6.07) is 8.47. The molecular formula is C12H17NO. The van der Waals surface area contributed by atoms with E-state index < -0.39 is 0 Å². The number of methoxy groups -OCH3 is 1. The van der Waals surface area contributed by atoms with Crippen molar-refractivity contribution in [2.75, 3.05) is 7.11 Å². The van der Waals surface area contributed by atoms with Gasteiger partial charge in [0.1, 0.15) is 0 Å². The first-order valence-electron chi connectivity index (χ1n) is 5.15. The van der Waals surface area contributed by atoms with Crippen molar-refractivity contribution in [3.63, 3.8) is 0 Å². The summed E-state index contributed by atoms with van der Waals surface area (Å²) in [6.07, 6.45) is 3.56. The van der Waals surface area contributed by atoms with Crippen LogP contribution in [0, 0.1) is 0 Å². The van der Waals surface area contributed by atoms with Crippen molar-refractivity contribution in [3.05, 3.63) is 35.4 Å². The Labute approximate surface area is 85.1 Å². The van der Waals surface area contributed by atoms with Gasteiger partial charge in [-0.15, -0.1) is 0 Å². The maximum Gasteiger partial charge on any atom is 0.0927 e. The Bertz CT molecular complexity index is 295. The fraction of sp³-hybridized carbons (Fsp3) is 0.500. The number of benzene rings is 1. The van der Waals surface area contributed by atoms with Crippen molar-refractivity contribution in [1.82, 2.24) is 0 Å². The number of nitrogens with two attached hydrogens (primary N) is 1. The molecular weight excluding hydrogens is 174 g/mol. The lowest BCUT2D eigenvalue weighted by atomic mass is 9.75. The van der Waals surface area contributed by atoms with Crippen LogP contribution in [0.2, 0.25) is 0 Å². The van der Waals surface area contributed by atoms with E-state index in [1.54, 1.807) is 7.11 Å². The fourth-order valence-corrected chi connectivity index (χ4v) is 2.05. The summed E-state index contributed by atoms with van der Waals surface area (Å²) in [5, 5.41) is 0. The van der Waals surface area contributed by atoms with E-state index in [2.05, 4.69) is 24.3 Å². The highest BCUT2D eigenvalue weighted by atomic mass is 16.5. The number of ether oxygens (including phenoxy) is 1. The van der Waals surface area contributed by atoms with Gasteiger partial charge in [0.05, 0.1) is 5.60 Å². The largest absolute Gasteiger partial charge is 0.374 e. The molecule has 0 amide bonds. The first-order valence-corrected chi connectivity index (χ1v) is 5.15. The molecule has 0 saturated heterocycles. The Morgan fingerprint density at radius 1 is 1.29 bits per heavy atom. The molecule has 1 aliphatic carbocycles. The molecule has 0 spiro atoms. The van der Waals surface area contributed by atoms with E-state index in [-0.39, 0.29) is 5.60 Å². The number of hydrogen-bond donors (Lipinski definition) is 1. The summed E-state index contributed by atoms with van der Waals surface area (Å²) in [6.45, 7) is 0.611. The van der Waals surface area contributed by atoms with E-state index in [1.807, 2.05) is 0 Å². The highest BCUT2D eigenvalue weighted by molar-refractivity contribution is 5.29. The van der Waals surface area contributed by atoms with Crippen LogP contribution in [-0.2, 0) is 16.9 Å². The van der Waals surface area contributed by atoms with E-state index in [0.717, 1.165) is 12.8 Å². The SMILES string of the molecule is COC1(c2ccc(CN)cc2)CCC1. The van der Waals surface area contributed by atoms with E-state index in [4.69, 9.17) is 10.5 Å². The minimum absolute atomic E-state index is 0.00707. The van der Waals surface area contributed by atoms with Gasteiger partial charge in [0.25, 0.3) is 0 Å². The van der Waals surface area contributed by atoms with Gasteiger partial charge in [-0.25, -0.2) is 0 Å². The van der Waals surface area contributed by atoms with Crippen LogP contribution in [-0.4, -0.2) is 7.11 Å². The number of rotatable bonds is 3. The quantitative estimate of drug-likeness (QED) is 0.794. The van der Waals surface area contributed by atoms with Crippen LogP contribution in [0.15, 0.2) is 24.3 Å². The van der Waals surface area contributed by atoms with Crippen molar-refractivity contribution in [2.45, 2.75) is 31.4 Å². The summed E-state index contributed by atoms with van der Waals surface area (Å²) >= 11 is 0. The minimum atomic E-state index is 0.00707. The molecule has 2 nitrogen and oxygen atoms in total. The van der Waals surface area contributed by atoms with Crippen LogP contribution in [0.5, 0.6) is 0 Å². The van der Waals surface area contributed by atoms with Crippen LogP contribution < -0.4 is 5.73 Å². The van der Waals surface area contributed by atoms with Gasteiger partial charge >= 0.3 is 0 Å². The zero-order valence-electron chi connectivity index (χ0n) is 8.62.